The summed E-state index contributed by atoms with van der Waals surface area (Å²) in [4.78, 5) is 36.8. The molecule has 1 fully saturated rings. The fraction of sp³-hybridized carbons (Fsp3) is 0.800. The average Bonchev–Trinajstić information content (AvgIpc) is 2.79. The highest BCUT2D eigenvalue weighted by atomic mass is 16.2. The summed E-state index contributed by atoms with van der Waals surface area (Å²) in [6.07, 6.45) is 1.46. The van der Waals surface area contributed by atoms with Crippen LogP contribution in [0.4, 0.5) is 4.79 Å². The van der Waals surface area contributed by atoms with Gasteiger partial charge in [-0.15, -0.1) is 0 Å². The van der Waals surface area contributed by atoms with Crippen molar-refractivity contribution in [3.63, 3.8) is 0 Å². The van der Waals surface area contributed by atoms with Gasteiger partial charge in [0, 0.05) is 38.0 Å². The van der Waals surface area contributed by atoms with Crippen molar-refractivity contribution in [1.82, 2.24) is 20.9 Å². The number of nitrogens with zero attached hydrogens (tertiary/aromatic N) is 1. The predicted molar refractivity (Wildman–Crippen MR) is 84.3 cm³/mol. The van der Waals surface area contributed by atoms with Crippen molar-refractivity contribution in [3.05, 3.63) is 0 Å². The molecule has 0 aromatic heterocycles. The second-order valence-electron chi connectivity index (χ2n) is 6.07. The molecule has 7 heteroatoms. The van der Waals surface area contributed by atoms with Crippen molar-refractivity contribution >= 4 is 17.8 Å². The molecule has 0 saturated carbocycles. The van der Waals surface area contributed by atoms with Crippen LogP contribution in [0.1, 0.15) is 47.0 Å². The lowest BCUT2D eigenvalue weighted by Gasteiger charge is -2.21. The molecule has 0 spiro atoms. The van der Waals surface area contributed by atoms with E-state index in [0.717, 1.165) is 6.42 Å². The average molecular weight is 312 g/mol. The first-order valence-electron chi connectivity index (χ1n) is 7.96. The van der Waals surface area contributed by atoms with E-state index in [1.165, 1.54) is 0 Å². The molecule has 1 heterocycles. The Hall–Kier alpha value is -1.79. The monoisotopic (exact) mass is 312 g/mol. The quantitative estimate of drug-likeness (QED) is 0.643. The molecule has 1 aliphatic rings. The van der Waals surface area contributed by atoms with Gasteiger partial charge >= 0.3 is 6.03 Å². The van der Waals surface area contributed by atoms with Crippen LogP contribution in [0.15, 0.2) is 0 Å². The highest BCUT2D eigenvalue weighted by molar-refractivity contribution is 5.82. The molecule has 1 saturated heterocycles. The minimum Gasteiger partial charge on any atom is -0.354 e. The lowest BCUT2D eigenvalue weighted by atomic mass is 10.2. The molecule has 0 aromatic carbocycles. The third-order valence-electron chi connectivity index (χ3n) is 3.77. The molecule has 4 amide bonds. The maximum atomic E-state index is 11.8. The van der Waals surface area contributed by atoms with E-state index in [2.05, 4.69) is 16.0 Å². The van der Waals surface area contributed by atoms with E-state index >= 15 is 0 Å². The molecule has 3 N–H and O–H groups in total. The highest BCUT2D eigenvalue weighted by Crippen LogP contribution is 2.13. The predicted octanol–water partition coefficient (Wildman–Crippen LogP) is 0.600. The van der Waals surface area contributed by atoms with E-state index < -0.39 is 0 Å². The zero-order valence-corrected chi connectivity index (χ0v) is 13.9. The second kappa shape index (κ2) is 8.60. The van der Waals surface area contributed by atoms with E-state index in [0.29, 0.717) is 13.0 Å². The molecule has 0 bridgehead atoms. The Morgan fingerprint density at radius 1 is 1.32 bits per heavy atom. The van der Waals surface area contributed by atoms with Gasteiger partial charge < -0.3 is 20.9 Å². The van der Waals surface area contributed by atoms with Crippen molar-refractivity contribution in [2.75, 3.05) is 13.1 Å². The van der Waals surface area contributed by atoms with Gasteiger partial charge in [-0.3, -0.25) is 9.59 Å². The van der Waals surface area contributed by atoms with Crippen LogP contribution in [0.2, 0.25) is 0 Å². The smallest absolute Gasteiger partial charge is 0.315 e. The summed E-state index contributed by atoms with van der Waals surface area (Å²) in [5.41, 5.74) is 0. The normalized spacial score (nSPS) is 19.2. The zero-order valence-electron chi connectivity index (χ0n) is 13.9. The van der Waals surface area contributed by atoms with Crippen molar-refractivity contribution in [3.8, 4) is 0 Å². The van der Waals surface area contributed by atoms with Crippen LogP contribution in [0.25, 0.3) is 0 Å². The van der Waals surface area contributed by atoms with Crippen molar-refractivity contribution in [1.29, 1.82) is 0 Å². The van der Waals surface area contributed by atoms with Gasteiger partial charge in [-0.2, -0.15) is 0 Å². The summed E-state index contributed by atoms with van der Waals surface area (Å²) >= 11 is 0. The Labute approximate surface area is 132 Å². The highest BCUT2D eigenvalue weighted by Gasteiger charge is 2.31. The largest absolute Gasteiger partial charge is 0.354 e. The summed E-state index contributed by atoms with van der Waals surface area (Å²) < 4.78 is 0. The SMILES string of the molecule is CCC(C)NC(=O)CCNC(=O)NC1CC(=O)N(C(C)C)C1. The first-order valence-corrected chi connectivity index (χ1v) is 7.96. The number of amides is 4. The van der Waals surface area contributed by atoms with Gasteiger partial charge in [0.1, 0.15) is 0 Å². The van der Waals surface area contributed by atoms with Crippen LogP contribution < -0.4 is 16.0 Å². The van der Waals surface area contributed by atoms with E-state index in [9.17, 15) is 14.4 Å². The topological polar surface area (TPSA) is 90.5 Å². The molecule has 2 unspecified atom stereocenters. The van der Waals surface area contributed by atoms with E-state index in [1.807, 2.05) is 27.7 Å². The van der Waals surface area contributed by atoms with E-state index in [1.54, 1.807) is 4.90 Å². The molecule has 7 nitrogen and oxygen atoms in total. The first kappa shape index (κ1) is 18.3. The molecular weight excluding hydrogens is 284 g/mol. The van der Waals surface area contributed by atoms with Gasteiger partial charge in [0.05, 0.1) is 6.04 Å². The summed E-state index contributed by atoms with van der Waals surface area (Å²) in [6, 6.07) is -0.206. The van der Waals surface area contributed by atoms with Crippen molar-refractivity contribution in [2.45, 2.75) is 65.1 Å². The number of rotatable bonds is 7. The van der Waals surface area contributed by atoms with Gasteiger partial charge in [0.15, 0.2) is 0 Å². The Morgan fingerprint density at radius 2 is 2.00 bits per heavy atom. The summed E-state index contributed by atoms with van der Waals surface area (Å²) in [5, 5.41) is 8.26. The second-order valence-corrected chi connectivity index (χ2v) is 6.07. The molecule has 22 heavy (non-hydrogen) atoms. The third-order valence-corrected chi connectivity index (χ3v) is 3.77. The maximum absolute atomic E-state index is 11.8. The number of hydrogen-bond acceptors (Lipinski definition) is 3. The molecule has 0 aliphatic carbocycles. The van der Waals surface area contributed by atoms with Gasteiger partial charge in [-0.25, -0.2) is 4.79 Å². The van der Waals surface area contributed by atoms with Crippen LogP contribution in [0.5, 0.6) is 0 Å². The molecule has 1 rings (SSSR count). The van der Waals surface area contributed by atoms with Crippen LogP contribution in [-0.4, -0.2) is 54.0 Å². The minimum absolute atomic E-state index is 0.0632. The molecular formula is C15H28N4O3. The van der Waals surface area contributed by atoms with Crippen molar-refractivity contribution in [2.24, 2.45) is 0 Å². The van der Waals surface area contributed by atoms with Crippen molar-refractivity contribution < 1.29 is 14.4 Å². The summed E-state index contributed by atoms with van der Waals surface area (Å²) in [6.45, 7) is 8.67. The Balaban J connectivity index is 2.22. The van der Waals surface area contributed by atoms with E-state index in [4.69, 9.17) is 0 Å². The van der Waals surface area contributed by atoms with Crippen LogP contribution in [0.3, 0.4) is 0 Å². The lowest BCUT2D eigenvalue weighted by molar-refractivity contribution is -0.129. The van der Waals surface area contributed by atoms with E-state index in [-0.39, 0.29) is 48.9 Å². The fourth-order valence-corrected chi connectivity index (χ4v) is 2.30. The molecule has 126 valence electrons. The van der Waals surface area contributed by atoms with Gasteiger partial charge in [0.2, 0.25) is 11.8 Å². The summed E-state index contributed by atoms with van der Waals surface area (Å²) in [7, 11) is 0. The minimum atomic E-state index is -0.334. The standard InChI is InChI=1S/C15H28N4O3/c1-5-11(4)17-13(20)6-7-16-15(22)18-12-8-14(21)19(9-12)10(2)3/h10-12H,5-9H2,1-4H3,(H,17,20)(H2,16,18,22). The summed E-state index contributed by atoms with van der Waals surface area (Å²) in [5.74, 6) is -0.00934. The first-order chi connectivity index (χ1) is 10.3. The van der Waals surface area contributed by atoms with Crippen LogP contribution >= 0.6 is 0 Å². The number of likely N-dealkylation sites (tertiary alicyclic amines) is 1. The Bertz CT molecular complexity index is 412. The fourth-order valence-electron chi connectivity index (χ4n) is 2.30. The molecule has 0 aromatic rings. The molecule has 2 atom stereocenters. The molecule has 0 radical (unpaired) electrons. The molecule has 1 aliphatic heterocycles. The Kier molecular flexibility index (Phi) is 7.14. The lowest BCUT2D eigenvalue weighted by Crippen LogP contribution is -2.45. The number of nitrogens with one attached hydrogen (secondary N) is 3. The number of carbonyl (C=O) groups is 3. The van der Waals surface area contributed by atoms with Gasteiger partial charge in [0.25, 0.3) is 0 Å². The number of carbonyl (C=O) groups excluding carboxylic acids is 3. The van der Waals surface area contributed by atoms with Crippen LogP contribution in [0, 0.1) is 0 Å². The Morgan fingerprint density at radius 3 is 2.55 bits per heavy atom. The zero-order chi connectivity index (χ0) is 16.7. The maximum Gasteiger partial charge on any atom is 0.315 e. The van der Waals surface area contributed by atoms with Crippen LogP contribution in [-0.2, 0) is 9.59 Å². The number of urea groups is 1. The van der Waals surface area contributed by atoms with Gasteiger partial charge in [-0.1, -0.05) is 6.92 Å². The van der Waals surface area contributed by atoms with Gasteiger partial charge in [-0.05, 0) is 27.2 Å². The number of hydrogen-bond donors (Lipinski definition) is 3. The third kappa shape index (κ3) is 5.91.